The smallest absolute Gasteiger partial charge is 0.154 e. The molecule has 2 unspecified atom stereocenters. The molecule has 0 aromatic rings. The average molecular weight is 160 g/mol. The number of hydrogen-bond acceptors (Lipinski definition) is 3. The van der Waals surface area contributed by atoms with E-state index in [0.29, 0.717) is 12.7 Å². The van der Waals surface area contributed by atoms with Crippen LogP contribution in [0.1, 0.15) is 20.3 Å². The summed E-state index contributed by atoms with van der Waals surface area (Å²) < 4.78 is 15.5. The molecular formula is C8H16O3. The summed E-state index contributed by atoms with van der Waals surface area (Å²) in [7, 11) is 0. The van der Waals surface area contributed by atoms with Crippen LogP contribution in [-0.4, -0.2) is 32.2 Å². The van der Waals surface area contributed by atoms with E-state index in [4.69, 9.17) is 14.2 Å². The molecule has 1 rings (SSSR count). The minimum Gasteiger partial charge on any atom is -0.373 e. The first kappa shape index (κ1) is 8.97. The topological polar surface area (TPSA) is 31.0 Å². The summed E-state index contributed by atoms with van der Waals surface area (Å²) >= 11 is 0. The first-order valence-electron chi connectivity index (χ1n) is 4.17. The lowest BCUT2D eigenvalue weighted by Crippen LogP contribution is -2.14. The van der Waals surface area contributed by atoms with Crippen LogP contribution in [0.3, 0.4) is 0 Å². The van der Waals surface area contributed by atoms with Gasteiger partial charge in [-0.15, -0.1) is 0 Å². The Bertz CT molecular complexity index is 102. The van der Waals surface area contributed by atoms with E-state index in [1.54, 1.807) is 0 Å². The van der Waals surface area contributed by atoms with Gasteiger partial charge in [-0.1, -0.05) is 0 Å². The molecule has 0 amide bonds. The Morgan fingerprint density at radius 3 is 2.82 bits per heavy atom. The van der Waals surface area contributed by atoms with Gasteiger partial charge in [0.2, 0.25) is 0 Å². The van der Waals surface area contributed by atoms with Crippen molar-refractivity contribution in [2.24, 2.45) is 0 Å². The van der Waals surface area contributed by atoms with Crippen LogP contribution >= 0.6 is 0 Å². The molecule has 0 N–H and O–H groups in total. The fourth-order valence-corrected chi connectivity index (χ4v) is 0.883. The molecular weight excluding hydrogens is 144 g/mol. The molecule has 1 aliphatic rings. The normalized spacial score (nSPS) is 25.1. The van der Waals surface area contributed by atoms with Crippen molar-refractivity contribution in [3.63, 3.8) is 0 Å². The van der Waals surface area contributed by atoms with Crippen molar-refractivity contribution < 1.29 is 14.2 Å². The Hall–Kier alpha value is -0.120. The Labute approximate surface area is 67.6 Å². The van der Waals surface area contributed by atoms with Gasteiger partial charge in [-0.2, -0.15) is 0 Å². The Balaban J connectivity index is 1.84. The quantitative estimate of drug-likeness (QED) is 0.432. The van der Waals surface area contributed by atoms with Gasteiger partial charge < -0.3 is 14.2 Å². The molecule has 3 heteroatoms. The highest BCUT2D eigenvalue weighted by atomic mass is 16.7. The SMILES string of the molecule is CCOC(C)OCCC1CO1. The third-order valence-corrected chi connectivity index (χ3v) is 1.60. The van der Waals surface area contributed by atoms with Crippen LogP contribution in [0.2, 0.25) is 0 Å². The Kier molecular flexibility index (Phi) is 3.83. The maximum atomic E-state index is 5.33. The summed E-state index contributed by atoms with van der Waals surface area (Å²) in [6.45, 7) is 6.24. The van der Waals surface area contributed by atoms with Crippen LogP contribution in [-0.2, 0) is 14.2 Å². The molecule has 0 radical (unpaired) electrons. The van der Waals surface area contributed by atoms with E-state index in [2.05, 4.69) is 0 Å². The van der Waals surface area contributed by atoms with Gasteiger partial charge in [0, 0.05) is 6.61 Å². The van der Waals surface area contributed by atoms with Crippen molar-refractivity contribution in [2.75, 3.05) is 19.8 Å². The maximum absolute atomic E-state index is 5.33. The van der Waals surface area contributed by atoms with Gasteiger partial charge in [-0.05, 0) is 20.3 Å². The van der Waals surface area contributed by atoms with Crippen molar-refractivity contribution in [3.05, 3.63) is 0 Å². The fraction of sp³-hybridized carbons (Fsp3) is 1.00. The highest BCUT2D eigenvalue weighted by Crippen LogP contribution is 2.13. The summed E-state index contributed by atoms with van der Waals surface area (Å²) in [4.78, 5) is 0. The molecule has 2 atom stereocenters. The number of epoxide rings is 1. The molecule has 1 saturated heterocycles. The van der Waals surface area contributed by atoms with E-state index in [9.17, 15) is 0 Å². The van der Waals surface area contributed by atoms with Gasteiger partial charge in [-0.3, -0.25) is 0 Å². The fourth-order valence-electron chi connectivity index (χ4n) is 0.883. The van der Waals surface area contributed by atoms with Crippen LogP contribution in [0.25, 0.3) is 0 Å². The van der Waals surface area contributed by atoms with E-state index >= 15 is 0 Å². The van der Waals surface area contributed by atoms with Crippen LogP contribution in [0, 0.1) is 0 Å². The van der Waals surface area contributed by atoms with Crippen molar-refractivity contribution in [3.8, 4) is 0 Å². The number of ether oxygens (including phenoxy) is 3. The Morgan fingerprint density at radius 2 is 2.27 bits per heavy atom. The minimum absolute atomic E-state index is 0.0706. The second-order valence-corrected chi connectivity index (χ2v) is 2.64. The van der Waals surface area contributed by atoms with Crippen molar-refractivity contribution in [1.29, 1.82) is 0 Å². The van der Waals surface area contributed by atoms with E-state index in [1.807, 2.05) is 13.8 Å². The van der Waals surface area contributed by atoms with Crippen molar-refractivity contribution >= 4 is 0 Å². The minimum atomic E-state index is -0.0706. The zero-order chi connectivity index (χ0) is 8.10. The van der Waals surface area contributed by atoms with Crippen LogP contribution < -0.4 is 0 Å². The predicted octanol–water partition coefficient (Wildman–Crippen LogP) is 1.17. The molecule has 0 bridgehead atoms. The molecule has 0 aromatic carbocycles. The van der Waals surface area contributed by atoms with Gasteiger partial charge in [0.25, 0.3) is 0 Å². The molecule has 1 aliphatic heterocycles. The average Bonchev–Trinajstić information content (AvgIpc) is 2.72. The van der Waals surface area contributed by atoms with Crippen LogP contribution in [0.5, 0.6) is 0 Å². The monoisotopic (exact) mass is 160 g/mol. The second-order valence-electron chi connectivity index (χ2n) is 2.64. The molecule has 0 spiro atoms. The molecule has 0 aromatic heterocycles. The molecule has 1 fully saturated rings. The first-order valence-corrected chi connectivity index (χ1v) is 4.17. The standard InChI is InChI=1S/C8H16O3/c1-3-9-7(2)10-5-4-8-6-11-8/h7-8H,3-6H2,1-2H3. The zero-order valence-corrected chi connectivity index (χ0v) is 7.21. The highest BCUT2D eigenvalue weighted by Gasteiger charge is 2.21. The lowest BCUT2D eigenvalue weighted by Gasteiger charge is -2.11. The molecule has 1 heterocycles. The second kappa shape index (κ2) is 4.70. The lowest BCUT2D eigenvalue weighted by molar-refractivity contribution is -0.128. The zero-order valence-electron chi connectivity index (χ0n) is 7.21. The van der Waals surface area contributed by atoms with Crippen molar-refractivity contribution in [2.45, 2.75) is 32.7 Å². The van der Waals surface area contributed by atoms with Gasteiger partial charge in [0.15, 0.2) is 6.29 Å². The van der Waals surface area contributed by atoms with Gasteiger partial charge in [0.1, 0.15) is 0 Å². The van der Waals surface area contributed by atoms with E-state index < -0.39 is 0 Å². The third kappa shape index (κ3) is 4.35. The number of rotatable bonds is 6. The highest BCUT2D eigenvalue weighted by molar-refractivity contribution is 4.67. The van der Waals surface area contributed by atoms with E-state index in [-0.39, 0.29) is 6.29 Å². The third-order valence-electron chi connectivity index (χ3n) is 1.60. The first-order chi connectivity index (χ1) is 5.33. The molecule has 3 nitrogen and oxygen atoms in total. The van der Waals surface area contributed by atoms with Gasteiger partial charge >= 0.3 is 0 Å². The van der Waals surface area contributed by atoms with E-state index in [1.165, 1.54) is 0 Å². The molecule has 11 heavy (non-hydrogen) atoms. The molecule has 0 saturated carbocycles. The summed E-state index contributed by atoms with van der Waals surface area (Å²) in [5.41, 5.74) is 0. The maximum Gasteiger partial charge on any atom is 0.154 e. The largest absolute Gasteiger partial charge is 0.373 e. The predicted molar refractivity (Wildman–Crippen MR) is 41.4 cm³/mol. The number of hydrogen-bond donors (Lipinski definition) is 0. The molecule has 66 valence electrons. The van der Waals surface area contributed by atoms with Crippen LogP contribution in [0.4, 0.5) is 0 Å². The van der Waals surface area contributed by atoms with Gasteiger partial charge in [-0.25, -0.2) is 0 Å². The lowest BCUT2D eigenvalue weighted by atomic mass is 10.3. The summed E-state index contributed by atoms with van der Waals surface area (Å²) in [5.74, 6) is 0. The van der Waals surface area contributed by atoms with Gasteiger partial charge in [0.05, 0.1) is 19.3 Å². The molecule has 0 aliphatic carbocycles. The van der Waals surface area contributed by atoms with Crippen LogP contribution in [0.15, 0.2) is 0 Å². The summed E-state index contributed by atoms with van der Waals surface area (Å²) in [6, 6.07) is 0. The Morgan fingerprint density at radius 1 is 1.55 bits per heavy atom. The van der Waals surface area contributed by atoms with E-state index in [0.717, 1.165) is 19.6 Å². The summed E-state index contributed by atoms with van der Waals surface area (Å²) in [5, 5.41) is 0. The summed E-state index contributed by atoms with van der Waals surface area (Å²) in [6.07, 6.45) is 1.39. The van der Waals surface area contributed by atoms with Crippen molar-refractivity contribution in [1.82, 2.24) is 0 Å².